The molecule has 0 amide bonds. The van der Waals surface area contributed by atoms with Gasteiger partial charge in [-0.2, -0.15) is 4.31 Å². The topological polar surface area (TPSA) is 87.6 Å². The highest BCUT2D eigenvalue weighted by Gasteiger charge is 2.31. The highest BCUT2D eigenvalue weighted by atomic mass is 32.2. The molecular weight excluding hydrogens is 292 g/mol. The summed E-state index contributed by atoms with van der Waals surface area (Å²) in [6.45, 7) is 5.29. The summed E-state index contributed by atoms with van der Waals surface area (Å²) in [5, 5.41) is 8.72. The van der Waals surface area contributed by atoms with Gasteiger partial charge in [0.2, 0.25) is 0 Å². The Morgan fingerprint density at radius 1 is 1.33 bits per heavy atom. The molecule has 7 heteroatoms. The van der Waals surface area contributed by atoms with E-state index >= 15 is 0 Å². The zero-order chi connectivity index (χ0) is 15.6. The highest BCUT2D eigenvalue weighted by Crippen LogP contribution is 2.27. The van der Waals surface area contributed by atoms with Crippen molar-refractivity contribution < 1.29 is 18.3 Å². The number of aromatic carboxylic acids is 1. The lowest BCUT2D eigenvalue weighted by Crippen LogP contribution is -2.39. The van der Waals surface area contributed by atoms with Crippen molar-refractivity contribution in [2.75, 3.05) is 13.1 Å². The van der Waals surface area contributed by atoms with E-state index in [1.54, 1.807) is 0 Å². The minimum atomic E-state index is -3.62. The summed E-state index contributed by atoms with van der Waals surface area (Å²) in [6.07, 6.45) is 2.78. The lowest BCUT2D eigenvalue weighted by molar-refractivity contribution is 0.0696. The fourth-order valence-electron chi connectivity index (χ4n) is 2.57. The number of sulfonamides is 1. The van der Waals surface area contributed by atoms with Gasteiger partial charge in [-0.1, -0.05) is 13.8 Å². The molecule has 0 bridgehead atoms. The minimum Gasteiger partial charge on any atom is -0.478 e. The zero-order valence-corrected chi connectivity index (χ0v) is 13.0. The molecule has 116 valence electrons. The molecule has 1 fully saturated rings. The van der Waals surface area contributed by atoms with E-state index in [1.807, 2.05) is 0 Å². The molecule has 2 heterocycles. The molecule has 1 saturated heterocycles. The van der Waals surface area contributed by atoms with Crippen LogP contribution in [0.15, 0.2) is 23.4 Å². The first kappa shape index (κ1) is 15.9. The molecule has 1 aliphatic rings. The maximum atomic E-state index is 12.5. The van der Waals surface area contributed by atoms with Crippen LogP contribution >= 0.6 is 0 Å². The van der Waals surface area contributed by atoms with Crippen LogP contribution in [0.1, 0.15) is 37.0 Å². The van der Waals surface area contributed by atoms with Crippen molar-refractivity contribution in [3.05, 3.63) is 23.9 Å². The number of rotatable bonds is 4. The average molecular weight is 312 g/mol. The monoisotopic (exact) mass is 312 g/mol. The Morgan fingerprint density at radius 2 is 1.95 bits per heavy atom. The second-order valence-electron chi connectivity index (χ2n) is 5.68. The lowest BCUT2D eigenvalue weighted by atomic mass is 9.87. The maximum Gasteiger partial charge on any atom is 0.337 e. The lowest BCUT2D eigenvalue weighted by Gasteiger charge is -2.32. The van der Waals surface area contributed by atoms with Gasteiger partial charge < -0.3 is 5.11 Å². The molecule has 6 nitrogen and oxygen atoms in total. The Kier molecular flexibility index (Phi) is 4.63. The molecule has 0 spiro atoms. The van der Waals surface area contributed by atoms with E-state index in [0.29, 0.717) is 24.9 Å². The summed E-state index contributed by atoms with van der Waals surface area (Å²) in [7, 11) is -3.62. The second kappa shape index (κ2) is 6.11. The summed E-state index contributed by atoms with van der Waals surface area (Å²) in [5.74, 6) is -0.00850. The van der Waals surface area contributed by atoms with Crippen LogP contribution in [0.4, 0.5) is 0 Å². The Morgan fingerprint density at radius 3 is 2.38 bits per heavy atom. The number of carboxylic acid groups (broad SMARTS) is 1. The molecule has 0 radical (unpaired) electrons. The first-order valence-corrected chi connectivity index (χ1v) is 8.46. The normalized spacial score (nSPS) is 18.0. The van der Waals surface area contributed by atoms with Crippen LogP contribution in [-0.2, 0) is 10.0 Å². The summed E-state index contributed by atoms with van der Waals surface area (Å²) < 4.78 is 26.4. The number of carbonyl (C=O) groups is 1. The molecule has 21 heavy (non-hydrogen) atoms. The van der Waals surface area contributed by atoms with Gasteiger partial charge in [-0.05, 0) is 36.8 Å². The van der Waals surface area contributed by atoms with Gasteiger partial charge in [0.25, 0.3) is 10.0 Å². The fraction of sp³-hybridized carbons (Fsp3) is 0.571. The maximum absolute atomic E-state index is 12.5. The van der Waals surface area contributed by atoms with Crippen molar-refractivity contribution in [3.63, 3.8) is 0 Å². The van der Waals surface area contributed by atoms with Crippen LogP contribution < -0.4 is 0 Å². The average Bonchev–Trinajstić information content (AvgIpc) is 2.47. The van der Waals surface area contributed by atoms with Gasteiger partial charge in [0.1, 0.15) is 0 Å². The van der Waals surface area contributed by atoms with E-state index in [2.05, 4.69) is 18.8 Å². The molecule has 0 saturated carbocycles. The van der Waals surface area contributed by atoms with Crippen LogP contribution in [-0.4, -0.2) is 41.9 Å². The number of carboxylic acids is 1. The predicted octanol–water partition coefficient (Wildman–Crippen LogP) is 1.84. The Bertz CT molecular complexity index is 602. The molecule has 1 aliphatic heterocycles. The van der Waals surface area contributed by atoms with E-state index in [4.69, 9.17) is 5.11 Å². The number of aromatic nitrogens is 1. The molecule has 0 unspecified atom stereocenters. The smallest absolute Gasteiger partial charge is 0.337 e. The molecule has 0 aliphatic carbocycles. The van der Waals surface area contributed by atoms with Crippen molar-refractivity contribution in [3.8, 4) is 0 Å². The number of hydrogen-bond donors (Lipinski definition) is 1. The van der Waals surface area contributed by atoms with E-state index in [-0.39, 0.29) is 10.6 Å². The molecular formula is C14H20N2O4S. The molecule has 0 atom stereocenters. The van der Waals surface area contributed by atoms with E-state index < -0.39 is 16.0 Å². The molecule has 1 aromatic heterocycles. The van der Waals surface area contributed by atoms with Crippen molar-refractivity contribution in [2.45, 2.75) is 31.7 Å². The zero-order valence-electron chi connectivity index (χ0n) is 12.2. The number of nitrogens with zero attached hydrogens (tertiary/aromatic N) is 2. The number of hydrogen-bond acceptors (Lipinski definition) is 4. The largest absolute Gasteiger partial charge is 0.478 e. The van der Waals surface area contributed by atoms with Crippen LogP contribution in [0.5, 0.6) is 0 Å². The minimum absolute atomic E-state index is 0.0209. The van der Waals surface area contributed by atoms with Crippen LogP contribution in [0, 0.1) is 11.8 Å². The van der Waals surface area contributed by atoms with Gasteiger partial charge >= 0.3 is 5.97 Å². The van der Waals surface area contributed by atoms with Crippen molar-refractivity contribution in [2.24, 2.45) is 11.8 Å². The van der Waals surface area contributed by atoms with Crippen LogP contribution in [0.3, 0.4) is 0 Å². The number of piperidine rings is 1. The van der Waals surface area contributed by atoms with Gasteiger partial charge in [-0.15, -0.1) is 0 Å². The van der Waals surface area contributed by atoms with Crippen molar-refractivity contribution >= 4 is 16.0 Å². The highest BCUT2D eigenvalue weighted by molar-refractivity contribution is 7.89. The second-order valence-corrected chi connectivity index (χ2v) is 7.56. The first-order valence-electron chi connectivity index (χ1n) is 7.02. The fourth-order valence-corrected chi connectivity index (χ4v) is 3.96. The van der Waals surface area contributed by atoms with Gasteiger partial charge in [0.15, 0.2) is 5.03 Å². The van der Waals surface area contributed by atoms with E-state index in [0.717, 1.165) is 19.0 Å². The predicted molar refractivity (Wildman–Crippen MR) is 77.5 cm³/mol. The third-order valence-corrected chi connectivity index (χ3v) is 5.84. The van der Waals surface area contributed by atoms with Gasteiger partial charge in [-0.25, -0.2) is 18.2 Å². The third-order valence-electron chi connectivity index (χ3n) is 4.03. The summed E-state index contributed by atoms with van der Waals surface area (Å²) in [6, 6.07) is 2.52. The SMILES string of the molecule is CC(C)C1CCN(S(=O)(=O)c2ccc(C(=O)O)cn2)CC1. The summed E-state index contributed by atoms with van der Waals surface area (Å²) in [4.78, 5) is 14.6. The van der Waals surface area contributed by atoms with Gasteiger partial charge in [-0.3, -0.25) is 0 Å². The Balaban J connectivity index is 2.13. The third kappa shape index (κ3) is 3.41. The molecule has 0 aromatic carbocycles. The Labute approximate surface area is 124 Å². The van der Waals surface area contributed by atoms with E-state index in [9.17, 15) is 13.2 Å². The summed E-state index contributed by atoms with van der Waals surface area (Å²) >= 11 is 0. The first-order chi connectivity index (χ1) is 9.82. The molecule has 2 rings (SSSR count). The van der Waals surface area contributed by atoms with Crippen LogP contribution in [0.2, 0.25) is 0 Å². The van der Waals surface area contributed by atoms with Crippen LogP contribution in [0.25, 0.3) is 0 Å². The van der Waals surface area contributed by atoms with Crippen molar-refractivity contribution in [1.29, 1.82) is 0 Å². The van der Waals surface area contributed by atoms with Crippen molar-refractivity contribution in [1.82, 2.24) is 9.29 Å². The molecule has 1 aromatic rings. The van der Waals surface area contributed by atoms with E-state index in [1.165, 1.54) is 16.4 Å². The standard InChI is InChI=1S/C14H20N2O4S/c1-10(2)11-5-7-16(8-6-11)21(19,20)13-4-3-12(9-15-13)14(17)18/h3-4,9-11H,5-8H2,1-2H3,(H,17,18). The molecule has 1 N–H and O–H groups in total. The van der Waals surface area contributed by atoms with Gasteiger partial charge in [0, 0.05) is 19.3 Å². The Hall–Kier alpha value is -1.47. The number of pyridine rings is 1. The van der Waals surface area contributed by atoms with Gasteiger partial charge in [0.05, 0.1) is 5.56 Å². The quantitative estimate of drug-likeness (QED) is 0.916. The summed E-state index contributed by atoms with van der Waals surface area (Å²) in [5.41, 5.74) is -0.0209.